The van der Waals surface area contributed by atoms with Gasteiger partial charge in [0, 0.05) is 17.7 Å². The van der Waals surface area contributed by atoms with Gasteiger partial charge in [0.05, 0.1) is 17.7 Å². The molecule has 2 aliphatic carbocycles. The third kappa shape index (κ3) is 6.36. The Hall–Kier alpha value is -1.36. The Labute approximate surface area is 196 Å². The van der Waals surface area contributed by atoms with Crippen molar-refractivity contribution >= 4 is 0 Å². The van der Waals surface area contributed by atoms with Crippen molar-refractivity contribution in [1.82, 2.24) is 10.4 Å². The van der Waals surface area contributed by atoms with Crippen LogP contribution in [0.15, 0.2) is 48.7 Å². The maximum atomic E-state index is 11.1. The summed E-state index contributed by atoms with van der Waals surface area (Å²) < 4.78 is 0. The van der Waals surface area contributed by atoms with Crippen molar-refractivity contribution in [3.05, 3.63) is 48.7 Å². The second-order valence-electron chi connectivity index (χ2n) is 10.6. The Morgan fingerprint density at radius 1 is 1.25 bits per heavy atom. The van der Waals surface area contributed by atoms with Crippen molar-refractivity contribution in [3.63, 3.8) is 0 Å². The highest BCUT2D eigenvalue weighted by atomic mass is 16.3. The molecule has 3 rings (SSSR count). The Balaban J connectivity index is 1.62. The fourth-order valence-corrected chi connectivity index (χ4v) is 5.96. The molecule has 4 heteroatoms. The fraction of sp³-hybridized carbons (Fsp3) is 0.714. The van der Waals surface area contributed by atoms with Crippen LogP contribution in [0.5, 0.6) is 0 Å². The maximum Gasteiger partial charge on any atom is 0.0898 e. The summed E-state index contributed by atoms with van der Waals surface area (Å²) in [6.45, 7) is 10.6. The highest BCUT2D eigenvalue weighted by Gasteiger charge is 2.40. The van der Waals surface area contributed by atoms with Gasteiger partial charge in [-0.2, -0.15) is 0 Å². The molecule has 32 heavy (non-hydrogen) atoms. The average Bonchev–Trinajstić information content (AvgIpc) is 3.17. The first-order valence-electron chi connectivity index (χ1n) is 13.0. The Bertz CT molecular complexity index is 690. The van der Waals surface area contributed by atoms with Crippen LogP contribution in [0.3, 0.4) is 0 Å². The molecule has 0 aromatic carbocycles. The topological polar surface area (TPSA) is 55.7 Å². The molecule has 4 unspecified atom stereocenters. The summed E-state index contributed by atoms with van der Waals surface area (Å²) in [7, 11) is 0. The van der Waals surface area contributed by atoms with E-state index in [1.807, 2.05) is 12.2 Å². The van der Waals surface area contributed by atoms with Crippen LogP contribution in [0.1, 0.15) is 85.0 Å². The van der Waals surface area contributed by atoms with E-state index in [0.29, 0.717) is 23.8 Å². The molecule has 0 spiro atoms. The van der Waals surface area contributed by atoms with Gasteiger partial charge in [0.1, 0.15) is 0 Å². The van der Waals surface area contributed by atoms with Crippen LogP contribution in [0.25, 0.3) is 0 Å². The normalized spacial score (nSPS) is 27.9. The highest BCUT2D eigenvalue weighted by Crippen LogP contribution is 2.38. The van der Waals surface area contributed by atoms with Crippen LogP contribution in [-0.4, -0.2) is 39.0 Å². The minimum absolute atomic E-state index is 0.00859. The van der Waals surface area contributed by atoms with Gasteiger partial charge in [0.2, 0.25) is 0 Å². The van der Waals surface area contributed by atoms with Gasteiger partial charge in [-0.3, -0.25) is 0 Å². The van der Waals surface area contributed by atoms with E-state index in [1.165, 1.54) is 12.1 Å². The second-order valence-corrected chi connectivity index (χ2v) is 10.6. The van der Waals surface area contributed by atoms with E-state index >= 15 is 0 Å². The lowest BCUT2D eigenvalue weighted by Crippen LogP contribution is -2.44. The molecule has 3 aliphatic rings. The van der Waals surface area contributed by atoms with E-state index in [9.17, 15) is 10.2 Å². The van der Waals surface area contributed by atoms with Crippen LogP contribution in [0, 0.1) is 17.8 Å². The van der Waals surface area contributed by atoms with Gasteiger partial charge < -0.3 is 15.2 Å². The lowest BCUT2D eigenvalue weighted by molar-refractivity contribution is -0.0194. The lowest BCUT2D eigenvalue weighted by atomic mass is 9.75. The van der Waals surface area contributed by atoms with Crippen molar-refractivity contribution in [2.24, 2.45) is 17.8 Å². The van der Waals surface area contributed by atoms with Crippen molar-refractivity contribution in [2.75, 3.05) is 0 Å². The Kier molecular flexibility index (Phi) is 9.22. The molecule has 1 aliphatic heterocycles. The van der Waals surface area contributed by atoms with Crippen LogP contribution >= 0.6 is 0 Å². The van der Waals surface area contributed by atoms with Gasteiger partial charge in [0.15, 0.2) is 0 Å². The first-order valence-corrected chi connectivity index (χ1v) is 13.0. The minimum atomic E-state index is -0.520. The number of hydrogen-bond acceptors (Lipinski definition) is 4. The zero-order chi connectivity index (χ0) is 23.1. The third-order valence-electron chi connectivity index (χ3n) is 7.75. The fourth-order valence-electron chi connectivity index (χ4n) is 5.96. The van der Waals surface area contributed by atoms with E-state index in [-0.39, 0.29) is 6.04 Å². The van der Waals surface area contributed by atoms with Gasteiger partial charge >= 0.3 is 0 Å². The van der Waals surface area contributed by atoms with Crippen LogP contribution in [-0.2, 0) is 0 Å². The summed E-state index contributed by atoms with van der Waals surface area (Å²) in [5, 5.41) is 24.4. The van der Waals surface area contributed by atoms with Gasteiger partial charge in [-0.1, -0.05) is 56.6 Å². The summed E-state index contributed by atoms with van der Waals surface area (Å²) in [5.74, 6) is 1.17. The number of aliphatic hydroxyl groups excluding tert-OH is 1. The second kappa shape index (κ2) is 11.7. The molecule has 0 aromatic heterocycles. The highest BCUT2D eigenvalue weighted by molar-refractivity contribution is 5.26. The molecule has 4 nitrogen and oxygen atoms in total. The number of aliphatic hydroxyl groups is 2. The van der Waals surface area contributed by atoms with E-state index in [1.54, 1.807) is 0 Å². The number of nitrogens with one attached hydrogen (secondary N) is 1. The van der Waals surface area contributed by atoms with Gasteiger partial charge in [-0.25, -0.2) is 5.43 Å². The van der Waals surface area contributed by atoms with Crippen molar-refractivity contribution in [2.45, 2.75) is 109 Å². The molecule has 0 radical (unpaired) electrons. The van der Waals surface area contributed by atoms with Gasteiger partial charge in [-0.05, 0) is 76.7 Å². The molecular weight excluding hydrogens is 396 g/mol. The number of fused-ring (bicyclic) bond motifs is 1. The summed E-state index contributed by atoms with van der Waals surface area (Å²) in [5.41, 5.74) is 4.37. The molecule has 0 bridgehead atoms. The number of hydrazine groups is 1. The SMILES string of the molecule is C=CC[C@@H](CC(/C=C/C(O)C1NN(C(C)C)C2=CC=CCC21)CC)CC1(O)CCCCC1. The average molecular weight is 443 g/mol. The number of hydrogen-bond donors (Lipinski definition) is 3. The Morgan fingerprint density at radius 2 is 2.00 bits per heavy atom. The van der Waals surface area contributed by atoms with E-state index < -0.39 is 11.7 Å². The van der Waals surface area contributed by atoms with Crippen LogP contribution < -0.4 is 5.43 Å². The van der Waals surface area contributed by atoms with Crippen molar-refractivity contribution < 1.29 is 10.2 Å². The molecule has 180 valence electrons. The smallest absolute Gasteiger partial charge is 0.0898 e. The van der Waals surface area contributed by atoms with Crippen molar-refractivity contribution in [1.29, 1.82) is 0 Å². The third-order valence-corrected chi connectivity index (χ3v) is 7.75. The summed E-state index contributed by atoms with van der Waals surface area (Å²) in [4.78, 5) is 0. The summed E-state index contributed by atoms with van der Waals surface area (Å²) in [6.07, 6.45) is 22.6. The van der Waals surface area contributed by atoms with E-state index in [4.69, 9.17) is 0 Å². The van der Waals surface area contributed by atoms with Crippen molar-refractivity contribution in [3.8, 4) is 0 Å². The predicted molar refractivity (Wildman–Crippen MR) is 134 cm³/mol. The molecule has 0 amide bonds. The van der Waals surface area contributed by atoms with Gasteiger partial charge in [0.25, 0.3) is 0 Å². The molecule has 3 N–H and O–H groups in total. The lowest BCUT2D eigenvalue weighted by Gasteiger charge is -2.36. The Morgan fingerprint density at radius 3 is 2.66 bits per heavy atom. The molecule has 5 atom stereocenters. The summed E-state index contributed by atoms with van der Waals surface area (Å²) in [6, 6.07) is 0.361. The predicted octanol–water partition coefficient (Wildman–Crippen LogP) is 5.65. The zero-order valence-corrected chi connectivity index (χ0v) is 20.5. The van der Waals surface area contributed by atoms with Crippen LogP contribution in [0.2, 0.25) is 0 Å². The standard InChI is InChI=1S/C28H46N2O2/c1-5-12-23(20-28(32)17-10-7-11-18-28)19-22(6-2)15-16-26(31)27-24-13-8-9-14-25(24)30(29-27)21(3)4/h5,8-9,14-16,21-24,26-27,29,31-32H,1,6-7,10-13,17-20H2,2-4H3/b16-15+/t22?,23-,24?,26?,27?/m0/s1. The monoisotopic (exact) mass is 442 g/mol. The quantitative estimate of drug-likeness (QED) is 0.362. The minimum Gasteiger partial charge on any atom is -0.390 e. The molecule has 2 fully saturated rings. The maximum absolute atomic E-state index is 11.1. The van der Waals surface area contributed by atoms with E-state index in [2.05, 4.69) is 62.1 Å². The first kappa shape index (κ1) is 25.3. The van der Waals surface area contributed by atoms with E-state index in [0.717, 1.165) is 57.8 Å². The summed E-state index contributed by atoms with van der Waals surface area (Å²) >= 11 is 0. The van der Waals surface area contributed by atoms with Crippen LogP contribution in [0.4, 0.5) is 0 Å². The molecule has 1 heterocycles. The van der Waals surface area contributed by atoms with Gasteiger partial charge in [-0.15, -0.1) is 6.58 Å². The molecule has 1 saturated heterocycles. The number of allylic oxidation sites excluding steroid dienone is 5. The molecule has 0 aromatic rings. The first-order chi connectivity index (χ1) is 15.4. The number of nitrogens with zero attached hydrogens (tertiary/aromatic N) is 1. The largest absolute Gasteiger partial charge is 0.390 e. The molecular formula is C28H46N2O2. The zero-order valence-electron chi connectivity index (χ0n) is 20.5. The molecule has 1 saturated carbocycles. The number of rotatable bonds is 11.